The number of carbonyl (C=O) groups excluding carboxylic acids is 2. The van der Waals surface area contributed by atoms with Crippen LogP contribution >= 0.6 is 0 Å². The van der Waals surface area contributed by atoms with Gasteiger partial charge < -0.3 is 24.2 Å². The van der Waals surface area contributed by atoms with Crippen LogP contribution in [0, 0.1) is 21.4 Å². The number of nitro benzene ring substituents is 1. The van der Waals surface area contributed by atoms with Gasteiger partial charge in [0.15, 0.2) is 5.75 Å². The minimum atomic E-state index is -1.22. The third-order valence-electron chi connectivity index (χ3n) is 4.70. The molecule has 0 atom stereocenters. The Hall–Kier alpha value is -4.59. The van der Waals surface area contributed by atoms with Crippen molar-refractivity contribution in [3.63, 3.8) is 0 Å². The van der Waals surface area contributed by atoms with Crippen molar-refractivity contribution in [3.05, 3.63) is 63.2 Å². The molecule has 2 rings (SSSR count). The van der Waals surface area contributed by atoms with Crippen molar-refractivity contribution in [3.8, 4) is 23.3 Å². The Balaban J connectivity index is 2.29. The Morgan fingerprint density at radius 1 is 1.21 bits per heavy atom. The Morgan fingerprint density at radius 2 is 1.85 bits per heavy atom. The molecule has 1 N–H and O–H groups in total. The number of nitrogens with zero attached hydrogens (tertiary/aromatic N) is 3. The van der Waals surface area contributed by atoms with Gasteiger partial charge in [-0.05, 0) is 49.2 Å². The molecular weight excluding hydrogens is 446 g/mol. The van der Waals surface area contributed by atoms with Crippen molar-refractivity contribution < 1.29 is 33.8 Å². The quantitative estimate of drug-likeness (QED) is 0.144. The topological polar surface area (TPSA) is 152 Å². The fraction of sp³-hybridized carbons (Fsp3) is 0.261. The molecule has 0 aromatic heterocycles. The van der Waals surface area contributed by atoms with Gasteiger partial charge in [-0.1, -0.05) is 12.1 Å². The summed E-state index contributed by atoms with van der Waals surface area (Å²) in [6.07, 6.45) is -0.107. The number of hydrogen-bond acceptors (Lipinski definition) is 9. The maximum Gasteiger partial charge on any atom is 0.514 e. The summed E-state index contributed by atoms with van der Waals surface area (Å²) in [6.45, 7) is 4.04. The number of rotatable bonds is 9. The molecule has 0 saturated heterocycles. The predicted octanol–water partition coefficient (Wildman–Crippen LogP) is 3.80. The number of likely N-dealkylation sites (N-methyl/N-ethyl adjacent to an activating group) is 1. The van der Waals surface area contributed by atoms with Gasteiger partial charge in [-0.2, -0.15) is 5.26 Å². The van der Waals surface area contributed by atoms with Crippen LogP contribution < -0.4 is 9.47 Å². The summed E-state index contributed by atoms with van der Waals surface area (Å²) in [5, 5.41) is 31.0. The van der Waals surface area contributed by atoms with E-state index in [-0.39, 0.29) is 17.7 Å². The number of phenols is 1. The number of amides is 1. The highest BCUT2D eigenvalue weighted by Crippen LogP contribution is 2.38. The van der Waals surface area contributed by atoms with Gasteiger partial charge in [-0.25, -0.2) is 4.79 Å². The molecule has 178 valence electrons. The van der Waals surface area contributed by atoms with E-state index in [2.05, 4.69) is 0 Å². The maximum atomic E-state index is 12.5. The van der Waals surface area contributed by atoms with Crippen LogP contribution in [0.4, 0.5) is 10.5 Å². The molecule has 0 spiro atoms. The van der Waals surface area contributed by atoms with E-state index in [4.69, 9.17) is 14.2 Å². The number of methoxy groups -OCH3 is 1. The van der Waals surface area contributed by atoms with Gasteiger partial charge in [-0.3, -0.25) is 14.9 Å². The zero-order chi connectivity index (χ0) is 25.3. The van der Waals surface area contributed by atoms with E-state index < -0.39 is 34.2 Å². The third-order valence-corrected chi connectivity index (χ3v) is 4.70. The van der Waals surface area contributed by atoms with Crippen molar-refractivity contribution in [1.29, 1.82) is 5.26 Å². The number of nitriles is 1. The first-order valence-corrected chi connectivity index (χ1v) is 10.1. The molecule has 2 aromatic carbocycles. The zero-order valence-corrected chi connectivity index (χ0v) is 18.8. The van der Waals surface area contributed by atoms with E-state index in [9.17, 15) is 30.1 Å². The van der Waals surface area contributed by atoms with Gasteiger partial charge in [0.1, 0.15) is 24.0 Å². The summed E-state index contributed by atoms with van der Waals surface area (Å²) in [4.78, 5) is 36.5. The van der Waals surface area contributed by atoms with Crippen molar-refractivity contribution in [2.24, 2.45) is 0 Å². The van der Waals surface area contributed by atoms with E-state index in [0.717, 1.165) is 18.2 Å². The molecule has 2 aromatic rings. The summed E-state index contributed by atoms with van der Waals surface area (Å²) >= 11 is 0. The molecule has 0 fully saturated rings. The monoisotopic (exact) mass is 469 g/mol. The normalized spacial score (nSPS) is 10.7. The number of carbonyl (C=O) groups is 2. The van der Waals surface area contributed by atoms with Crippen LogP contribution in [0.5, 0.6) is 17.2 Å². The molecule has 0 radical (unpaired) electrons. The lowest BCUT2D eigenvalue weighted by atomic mass is 10.1. The number of benzene rings is 2. The molecule has 0 heterocycles. The number of ether oxygens (including phenoxy) is 3. The van der Waals surface area contributed by atoms with Crippen molar-refractivity contribution in [2.45, 2.75) is 20.5 Å². The lowest BCUT2D eigenvalue weighted by Gasteiger charge is -2.17. The third kappa shape index (κ3) is 6.46. The van der Waals surface area contributed by atoms with Gasteiger partial charge in [0.25, 0.3) is 5.91 Å². The lowest BCUT2D eigenvalue weighted by Crippen LogP contribution is -2.31. The van der Waals surface area contributed by atoms with Gasteiger partial charge in [-0.15, -0.1) is 0 Å². The molecule has 0 aliphatic carbocycles. The number of phenolic OH excluding ortho intramolecular Hbond substituents is 1. The zero-order valence-electron chi connectivity index (χ0n) is 18.8. The molecule has 0 aliphatic rings. The summed E-state index contributed by atoms with van der Waals surface area (Å²) in [5.41, 5.74) is -0.436. The molecule has 0 bridgehead atoms. The largest absolute Gasteiger partial charge is 0.514 e. The van der Waals surface area contributed by atoms with Crippen molar-refractivity contribution >= 4 is 23.8 Å². The molecular formula is C23H23N3O8. The van der Waals surface area contributed by atoms with E-state index in [1.807, 2.05) is 0 Å². The van der Waals surface area contributed by atoms with Crippen LogP contribution in [-0.2, 0) is 16.1 Å². The maximum absolute atomic E-state index is 12.5. The molecule has 0 aliphatic heterocycles. The molecule has 11 heteroatoms. The lowest BCUT2D eigenvalue weighted by molar-refractivity contribution is -0.385. The van der Waals surface area contributed by atoms with Crippen molar-refractivity contribution in [1.82, 2.24) is 4.90 Å². The van der Waals surface area contributed by atoms with Crippen LogP contribution in [0.2, 0.25) is 0 Å². The number of aromatic hydroxyl groups is 1. The van der Waals surface area contributed by atoms with Gasteiger partial charge in [0.2, 0.25) is 5.75 Å². The fourth-order valence-electron chi connectivity index (χ4n) is 2.89. The second-order valence-electron chi connectivity index (χ2n) is 6.78. The number of hydrogen-bond donors (Lipinski definition) is 1. The summed E-state index contributed by atoms with van der Waals surface area (Å²) in [5.74, 6) is -1.42. The molecule has 0 unspecified atom stereocenters. The first kappa shape index (κ1) is 25.7. The summed E-state index contributed by atoms with van der Waals surface area (Å²) in [6, 6.07) is 10.5. The average molecular weight is 469 g/mol. The highest BCUT2D eigenvalue weighted by atomic mass is 16.7. The van der Waals surface area contributed by atoms with Gasteiger partial charge in [0, 0.05) is 19.2 Å². The van der Waals surface area contributed by atoms with Crippen LogP contribution in [0.25, 0.3) is 6.08 Å². The Bertz CT molecular complexity index is 1130. The second-order valence-corrected chi connectivity index (χ2v) is 6.78. The minimum absolute atomic E-state index is 0.000453. The first-order valence-electron chi connectivity index (χ1n) is 10.1. The molecule has 1 amide bonds. The van der Waals surface area contributed by atoms with E-state index in [1.165, 1.54) is 12.0 Å². The Morgan fingerprint density at radius 3 is 2.38 bits per heavy atom. The molecule has 11 nitrogen and oxygen atoms in total. The predicted molar refractivity (Wildman–Crippen MR) is 120 cm³/mol. The highest BCUT2D eigenvalue weighted by Gasteiger charge is 2.23. The van der Waals surface area contributed by atoms with Crippen LogP contribution in [0.3, 0.4) is 0 Å². The summed E-state index contributed by atoms with van der Waals surface area (Å²) < 4.78 is 15.0. The van der Waals surface area contributed by atoms with Crippen LogP contribution in [0.1, 0.15) is 25.0 Å². The van der Waals surface area contributed by atoms with Crippen molar-refractivity contribution in [2.75, 3.05) is 20.2 Å². The first-order chi connectivity index (χ1) is 16.2. The van der Waals surface area contributed by atoms with E-state index in [0.29, 0.717) is 24.4 Å². The number of nitro groups is 1. The Kier molecular flexibility index (Phi) is 8.96. The molecule has 0 saturated carbocycles. The van der Waals surface area contributed by atoms with E-state index in [1.54, 1.807) is 44.2 Å². The average Bonchev–Trinajstić information content (AvgIpc) is 2.83. The molecule has 34 heavy (non-hydrogen) atoms. The second kappa shape index (κ2) is 11.9. The van der Waals surface area contributed by atoms with Gasteiger partial charge >= 0.3 is 11.8 Å². The smallest absolute Gasteiger partial charge is 0.499 e. The minimum Gasteiger partial charge on any atom is -0.499 e. The van der Waals surface area contributed by atoms with E-state index >= 15 is 0 Å². The summed E-state index contributed by atoms with van der Waals surface area (Å²) in [7, 11) is 1.51. The SMILES string of the molecule is CCN(CC)C(=O)C(C#N)=Cc1cc(OC(=O)OCc2ccc(OC)cc2)c(O)c([N+](=O)[O-])c1. The van der Waals surface area contributed by atoms with Crippen LogP contribution in [0.15, 0.2) is 42.0 Å². The van der Waals surface area contributed by atoms with Gasteiger partial charge in [0.05, 0.1) is 12.0 Å². The fourth-order valence-corrected chi connectivity index (χ4v) is 2.89. The standard InChI is InChI=1S/C23H23N3O8/c1-4-25(5-2)22(28)17(13-24)10-16-11-19(26(30)31)21(27)20(12-16)34-23(29)33-14-15-6-8-18(32-3)9-7-15/h6-12,27H,4-5,14H2,1-3H3. The Labute approximate surface area is 195 Å². The van der Waals surface area contributed by atoms with Crippen LogP contribution in [-0.4, -0.2) is 47.2 Å². The highest BCUT2D eigenvalue weighted by molar-refractivity contribution is 6.01.